The third kappa shape index (κ3) is 5.12. The largest absolute Gasteiger partial charge is 0.391 e. The Labute approximate surface area is 198 Å². The Kier molecular flexibility index (Phi) is 6.98. The van der Waals surface area contributed by atoms with Gasteiger partial charge in [0, 0.05) is 19.0 Å². The molecule has 178 valence electrons. The second kappa shape index (κ2) is 10.1. The van der Waals surface area contributed by atoms with Crippen molar-refractivity contribution < 1.29 is 24.1 Å². The number of benzene rings is 2. The average Bonchev–Trinajstić information content (AvgIpc) is 3.43. The van der Waals surface area contributed by atoms with Crippen LogP contribution in [0.4, 0.5) is 0 Å². The van der Waals surface area contributed by atoms with E-state index in [1.807, 2.05) is 56.3 Å². The summed E-state index contributed by atoms with van der Waals surface area (Å²) < 4.78 is 5.35. The maximum Gasteiger partial charge on any atom is 0.275 e. The number of β-amino-alcohol motifs (C(OH)–C–C–N with tert-alkyl or cyclic N) is 1. The number of aromatic nitrogens is 1. The Morgan fingerprint density at radius 1 is 1.12 bits per heavy atom. The summed E-state index contributed by atoms with van der Waals surface area (Å²) in [5.41, 5.74) is 5.22. The molecule has 3 unspecified atom stereocenters. The van der Waals surface area contributed by atoms with Gasteiger partial charge in [-0.3, -0.25) is 9.59 Å². The van der Waals surface area contributed by atoms with Crippen molar-refractivity contribution in [3.63, 3.8) is 0 Å². The molecular formula is C26H29N3O5. The number of aryl methyl sites for hydroxylation is 1. The maximum absolute atomic E-state index is 13.4. The van der Waals surface area contributed by atoms with E-state index in [2.05, 4.69) is 10.6 Å². The van der Waals surface area contributed by atoms with Crippen molar-refractivity contribution in [3.8, 4) is 16.9 Å². The van der Waals surface area contributed by atoms with Crippen LogP contribution in [0.5, 0.6) is 5.75 Å². The number of hydrogen-bond donors (Lipinski definition) is 2. The molecule has 1 aliphatic heterocycles. The summed E-state index contributed by atoms with van der Waals surface area (Å²) in [5, 5.41) is 14.1. The highest BCUT2D eigenvalue weighted by Gasteiger charge is 2.43. The van der Waals surface area contributed by atoms with E-state index in [0.717, 1.165) is 11.1 Å². The molecule has 3 aromatic rings. The highest BCUT2D eigenvalue weighted by atomic mass is 16.7. The molecule has 8 nitrogen and oxygen atoms in total. The molecule has 0 spiro atoms. The van der Waals surface area contributed by atoms with Crippen LogP contribution in [0.3, 0.4) is 0 Å². The predicted molar refractivity (Wildman–Crippen MR) is 126 cm³/mol. The molecule has 34 heavy (non-hydrogen) atoms. The zero-order chi connectivity index (χ0) is 24.2. The molecule has 0 aliphatic carbocycles. The molecule has 2 N–H and O–H groups in total. The number of hydrogen-bond acceptors (Lipinski definition) is 6. The van der Waals surface area contributed by atoms with Gasteiger partial charge in [-0.15, -0.1) is 0 Å². The summed E-state index contributed by atoms with van der Waals surface area (Å²) in [5.74, 6) is -0.549. The van der Waals surface area contributed by atoms with Crippen LogP contribution in [0.25, 0.3) is 11.1 Å². The Morgan fingerprint density at radius 2 is 1.79 bits per heavy atom. The van der Waals surface area contributed by atoms with E-state index >= 15 is 0 Å². The molecular weight excluding hydrogens is 434 g/mol. The monoisotopic (exact) mass is 463 g/mol. The molecule has 0 bridgehead atoms. The van der Waals surface area contributed by atoms with E-state index < -0.39 is 24.0 Å². The standard InChI is InChI=1S/C26H29N3O5/c1-16(2)24(23-13-17(3)27-34-23)26(32)29-15-20(30)14-22(29)25(31)28-33-21-11-9-19(10-12-21)18-7-5-4-6-8-18/h4-13,16,20,22,24,30H,14-15H2,1-3H3,(H,28,31). The SMILES string of the molecule is Cc1cc(C(C(=O)N2CC(O)CC2C(=O)NOc2ccc(-c3ccccc3)cc2)C(C)C)on1. The molecule has 2 heterocycles. The Balaban J connectivity index is 1.43. The van der Waals surface area contributed by atoms with E-state index in [1.165, 1.54) is 4.90 Å². The summed E-state index contributed by atoms with van der Waals surface area (Å²) in [4.78, 5) is 33.2. The van der Waals surface area contributed by atoms with E-state index in [1.54, 1.807) is 25.1 Å². The van der Waals surface area contributed by atoms with Gasteiger partial charge < -0.3 is 19.4 Å². The van der Waals surface area contributed by atoms with Gasteiger partial charge in [-0.05, 0) is 36.1 Å². The van der Waals surface area contributed by atoms with Crippen LogP contribution >= 0.6 is 0 Å². The minimum Gasteiger partial charge on any atom is -0.391 e. The summed E-state index contributed by atoms with van der Waals surface area (Å²) >= 11 is 0. The van der Waals surface area contributed by atoms with E-state index in [-0.39, 0.29) is 24.8 Å². The van der Waals surface area contributed by atoms with Crippen molar-refractivity contribution in [2.24, 2.45) is 5.92 Å². The molecule has 0 radical (unpaired) electrons. The highest BCUT2D eigenvalue weighted by molar-refractivity contribution is 5.91. The number of nitrogens with zero attached hydrogens (tertiary/aromatic N) is 2. The number of likely N-dealkylation sites (tertiary alicyclic amines) is 1. The summed E-state index contributed by atoms with van der Waals surface area (Å²) in [6, 6.07) is 18.1. The van der Waals surface area contributed by atoms with Gasteiger partial charge in [-0.25, -0.2) is 0 Å². The van der Waals surface area contributed by atoms with Crippen molar-refractivity contribution in [3.05, 3.63) is 72.1 Å². The van der Waals surface area contributed by atoms with Gasteiger partial charge in [-0.1, -0.05) is 61.5 Å². The minimum atomic E-state index is -0.851. The molecule has 2 aromatic carbocycles. The second-order valence-electron chi connectivity index (χ2n) is 8.95. The molecule has 8 heteroatoms. The molecule has 1 aromatic heterocycles. The fourth-order valence-electron chi connectivity index (χ4n) is 4.27. The average molecular weight is 464 g/mol. The lowest BCUT2D eigenvalue weighted by Gasteiger charge is -2.28. The Bertz CT molecular complexity index is 1130. The number of carbonyl (C=O) groups is 2. The molecule has 1 saturated heterocycles. The number of nitrogens with one attached hydrogen (secondary N) is 1. The van der Waals surface area contributed by atoms with Gasteiger partial charge in [0.05, 0.1) is 11.8 Å². The fraction of sp³-hybridized carbons (Fsp3) is 0.346. The first-order valence-corrected chi connectivity index (χ1v) is 11.4. The number of amides is 2. The number of rotatable bonds is 7. The third-order valence-electron chi connectivity index (χ3n) is 5.98. The topological polar surface area (TPSA) is 105 Å². The Morgan fingerprint density at radius 3 is 2.41 bits per heavy atom. The van der Waals surface area contributed by atoms with Gasteiger partial charge in [0.1, 0.15) is 17.7 Å². The van der Waals surface area contributed by atoms with Crippen LogP contribution in [0, 0.1) is 12.8 Å². The highest BCUT2D eigenvalue weighted by Crippen LogP contribution is 2.31. The first kappa shape index (κ1) is 23.5. The fourth-order valence-corrected chi connectivity index (χ4v) is 4.27. The van der Waals surface area contributed by atoms with Crippen LogP contribution < -0.4 is 10.3 Å². The molecule has 2 amide bonds. The van der Waals surface area contributed by atoms with Crippen LogP contribution in [-0.2, 0) is 9.59 Å². The predicted octanol–water partition coefficient (Wildman–Crippen LogP) is 3.46. The lowest BCUT2D eigenvalue weighted by atomic mass is 9.91. The van der Waals surface area contributed by atoms with Crippen LogP contribution in [0.15, 0.2) is 65.2 Å². The van der Waals surface area contributed by atoms with Gasteiger partial charge in [-0.2, -0.15) is 5.48 Å². The van der Waals surface area contributed by atoms with E-state index in [4.69, 9.17) is 9.36 Å². The van der Waals surface area contributed by atoms with E-state index in [0.29, 0.717) is 17.2 Å². The zero-order valence-electron chi connectivity index (χ0n) is 19.5. The zero-order valence-corrected chi connectivity index (χ0v) is 19.5. The summed E-state index contributed by atoms with van der Waals surface area (Å²) in [6.07, 6.45) is -0.664. The molecule has 0 saturated carbocycles. The first-order valence-electron chi connectivity index (χ1n) is 11.4. The van der Waals surface area contributed by atoms with Gasteiger partial charge in [0.15, 0.2) is 5.75 Å². The quantitative estimate of drug-likeness (QED) is 0.520. The minimum absolute atomic E-state index is 0.0685. The van der Waals surface area contributed by atoms with Crippen molar-refractivity contribution in [2.75, 3.05) is 6.54 Å². The molecule has 3 atom stereocenters. The number of carbonyl (C=O) groups excluding carboxylic acids is 2. The van der Waals surface area contributed by atoms with Crippen LogP contribution in [-0.4, -0.2) is 45.7 Å². The van der Waals surface area contributed by atoms with E-state index in [9.17, 15) is 14.7 Å². The first-order chi connectivity index (χ1) is 16.3. The smallest absolute Gasteiger partial charge is 0.275 e. The lowest BCUT2D eigenvalue weighted by Crippen LogP contribution is -2.48. The number of hydroxylamine groups is 1. The summed E-state index contributed by atoms with van der Waals surface area (Å²) in [6.45, 7) is 5.67. The third-order valence-corrected chi connectivity index (χ3v) is 5.98. The summed E-state index contributed by atoms with van der Waals surface area (Å²) in [7, 11) is 0. The van der Waals surface area contributed by atoms with Crippen molar-refractivity contribution in [1.82, 2.24) is 15.5 Å². The van der Waals surface area contributed by atoms with Gasteiger partial charge in [0.2, 0.25) is 5.91 Å². The normalized spacial score (nSPS) is 18.7. The van der Waals surface area contributed by atoms with Crippen molar-refractivity contribution in [2.45, 2.75) is 45.3 Å². The number of aliphatic hydroxyl groups is 1. The van der Waals surface area contributed by atoms with Crippen LogP contribution in [0.1, 0.15) is 37.6 Å². The number of aliphatic hydroxyl groups excluding tert-OH is 1. The van der Waals surface area contributed by atoms with Crippen molar-refractivity contribution in [1.29, 1.82) is 0 Å². The Hall–Kier alpha value is -3.65. The molecule has 4 rings (SSSR count). The van der Waals surface area contributed by atoms with Crippen LogP contribution in [0.2, 0.25) is 0 Å². The van der Waals surface area contributed by atoms with Gasteiger partial charge >= 0.3 is 0 Å². The lowest BCUT2D eigenvalue weighted by molar-refractivity contribution is -0.143. The van der Waals surface area contributed by atoms with Crippen molar-refractivity contribution >= 4 is 11.8 Å². The molecule has 1 aliphatic rings. The van der Waals surface area contributed by atoms with Gasteiger partial charge in [0.25, 0.3) is 5.91 Å². The second-order valence-corrected chi connectivity index (χ2v) is 8.95. The molecule has 1 fully saturated rings. The maximum atomic E-state index is 13.4.